The summed E-state index contributed by atoms with van der Waals surface area (Å²) in [6, 6.07) is 15.8. The Kier molecular flexibility index (Phi) is 5.42. The van der Waals surface area contributed by atoms with Gasteiger partial charge in [-0.05, 0) is 61.8 Å². The Morgan fingerprint density at radius 1 is 0.800 bits per heavy atom. The van der Waals surface area contributed by atoms with Crippen molar-refractivity contribution in [1.29, 1.82) is 0 Å². The number of alkyl halides is 1. The maximum atomic E-state index is 3.68. The Bertz CT molecular complexity index is 554. The van der Waals surface area contributed by atoms with E-state index in [0.29, 0.717) is 5.92 Å². The van der Waals surface area contributed by atoms with Crippen LogP contribution in [-0.2, 0) is 12.8 Å². The van der Waals surface area contributed by atoms with Crippen LogP contribution in [0.25, 0.3) is 0 Å². The predicted octanol–water partition coefficient (Wildman–Crippen LogP) is 5.41. The molecule has 2 aromatic rings. The third-order valence-electron chi connectivity index (χ3n) is 3.96. The number of halogens is 1. The van der Waals surface area contributed by atoms with Crippen LogP contribution in [0.5, 0.6) is 0 Å². The zero-order valence-electron chi connectivity index (χ0n) is 12.6. The van der Waals surface area contributed by atoms with E-state index in [2.05, 4.69) is 79.2 Å². The van der Waals surface area contributed by atoms with Crippen molar-refractivity contribution < 1.29 is 0 Å². The molecule has 0 aliphatic rings. The van der Waals surface area contributed by atoms with E-state index in [9.17, 15) is 0 Å². The summed E-state index contributed by atoms with van der Waals surface area (Å²) in [5.74, 6) is 0.653. The molecule has 0 saturated heterocycles. The van der Waals surface area contributed by atoms with Gasteiger partial charge in [-0.25, -0.2) is 0 Å². The van der Waals surface area contributed by atoms with Gasteiger partial charge in [0.1, 0.15) is 0 Å². The van der Waals surface area contributed by atoms with Crippen LogP contribution in [0.1, 0.15) is 27.8 Å². The molecule has 0 nitrogen and oxygen atoms in total. The molecule has 106 valence electrons. The van der Waals surface area contributed by atoms with Gasteiger partial charge in [0.15, 0.2) is 0 Å². The second kappa shape index (κ2) is 7.08. The van der Waals surface area contributed by atoms with Crippen LogP contribution in [-0.4, -0.2) is 5.33 Å². The Labute approximate surface area is 131 Å². The number of rotatable bonds is 5. The van der Waals surface area contributed by atoms with E-state index in [-0.39, 0.29) is 0 Å². The van der Waals surface area contributed by atoms with Gasteiger partial charge in [-0.1, -0.05) is 64.0 Å². The predicted molar refractivity (Wildman–Crippen MR) is 91.8 cm³/mol. The maximum Gasteiger partial charge on any atom is 0.00660 e. The van der Waals surface area contributed by atoms with Gasteiger partial charge in [0.25, 0.3) is 0 Å². The van der Waals surface area contributed by atoms with E-state index in [1.54, 1.807) is 0 Å². The lowest BCUT2D eigenvalue weighted by molar-refractivity contribution is 0.591. The molecule has 20 heavy (non-hydrogen) atoms. The monoisotopic (exact) mass is 330 g/mol. The van der Waals surface area contributed by atoms with Crippen molar-refractivity contribution in [2.45, 2.75) is 33.6 Å². The maximum absolute atomic E-state index is 3.68. The van der Waals surface area contributed by atoms with Crippen LogP contribution in [0.3, 0.4) is 0 Å². The minimum absolute atomic E-state index is 0.653. The van der Waals surface area contributed by atoms with Crippen molar-refractivity contribution in [3.05, 3.63) is 70.3 Å². The van der Waals surface area contributed by atoms with Crippen LogP contribution in [0.2, 0.25) is 0 Å². The summed E-state index contributed by atoms with van der Waals surface area (Å²) in [5, 5.41) is 1.05. The second-order valence-electron chi connectivity index (χ2n) is 5.83. The van der Waals surface area contributed by atoms with Crippen LogP contribution in [0.15, 0.2) is 42.5 Å². The lowest BCUT2D eigenvalue weighted by atomic mass is 9.92. The van der Waals surface area contributed by atoms with Gasteiger partial charge in [-0.3, -0.25) is 0 Å². The summed E-state index contributed by atoms with van der Waals surface area (Å²) < 4.78 is 0. The van der Waals surface area contributed by atoms with Gasteiger partial charge in [0, 0.05) is 5.33 Å². The van der Waals surface area contributed by atoms with Crippen LogP contribution in [0.4, 0.5) is 0 Å². The van der Waals surface area contributed by atoms with Gasteiger partial charge in [-0.15, -0.1) is 0 Å². The highest BCUT2D eigenvalue weighted by molar-refractivity contribution is 9.09. The SMILES string of the molecule is Cc1ccc(CC(CBr)Cc2ccc(C)c(C)c2)cc1. The first-order chi connectivity index (χ1) is 9.58. The molecule has 0 heterocycles. The van der Waals surface area contributed by atoms with Gasteiger partial charge in [0.2, 0.25) is 0 Å². The summed E-state index contributed by atoms with van der Waals surface area (Å²) in [6.45, 7) is 6.51. The first kappa shape index (κ1) is 15.3. The van der Waals surface area contributed by atoms with E-state index < -0.39 is 0 Å². The van der Waals surface area contributed by atoms with Crippen molar-refractivity contribution in [3.8, 4) is 0 Å². The third-order valence-corrected chi connectivity index (χ3v) is 4.87. The van der Waals surface area contributed by atoms with Gasteiger partial charge < -0.3 is 0 Å². The summed E-state index contributed by atoms with van der Waals surface area (Å²) in [7, 11) is 0. The smallest absolute Gasteiger partial charge is 0.00660 e. The number of hydrogen-bond donors (Lipinski definition) is 0. The normalized spacial score (nSPS) is 12.4. The minimum atomic E-state index is 0.653. The summed E-state index contributed by atoms with van der Waals surface area (Å²) in [6.07, 6.45) is 2.28. The number of aryl methyl sites for hydroxylation is 3. The van der Waals surface area contributed by atoms with Gasteiger partial charge >= 0.3 is 0 Å². The van der Waals surface area contributed by atoms with Crippen LogP contribution < -0.4 is 0 Å². The highest BCUT2D eigenvalue weighted by Gasteiger charge is 2.10. The van der Waals surface area contributed by atoms with E-state index in [0.717, 1.165) is 18.2 Å². The summed E-state index contributed by atoms with van der Waals surface area (Å²) >= 11 is 3.68. The molecule has 0 amide bonds. The van der Waals surface area contributed by atoms with Crippen LogP contribution in [0, 0.1) is 26.7 Å². The molecule has 0 saturated carbocycles. The fraction of sp³-hybridized carbons (Fsp3) is 0.368. The molecule has 0 spiro atoms. The second-order valence-corrected chi connectivity index (χ2v) is 6.48. The number of hydrogen-bond acceptors (Lipinski definition) is 0. The van der Waals surface area contributed by atoms with Crippen molar-refractivity contribution in [2.75, 3.05) is 5.33 Å². The van der Waals surface area contributed by atoms with Crippen molar-refractivity contribution in [2.24, 2.45) is 5.92 Å². The zero-order chi connectivity index (χ0) is 14.5. The Balaban J connectivity index is 2.04. The molecule has 1 heteroatoms. The Morgan fingerprint density at radius 3 is 2.00 bits per heavy atom. The molecule has 0 aliphatic heterocycles. The molecule has 1 unspecified atom stereocenters. The molecule has 0 bridgehead atoms. The van der Waals surface area contributed by atoms with Crippen LogP contribution >= 0.6 is 15.9 Å². The van der Waals surface area contributed by atoms with Crippen molar-refractivity contribution >= 4 is 15.9 Å². The Morgan fingerprint density at radius 2 is 1.40 bits per heavy atom. The van der Waals surface area contributed by atoms with E-state index in [1.807, 2.05) is 0 Å². The minimum Gasteiger partial charge on any atom is -0.0925 e. The first-order valence-corrected chi connectivity index (χ1v) is 8.38. The topological polar surface area (TPSA) is 0 Å². The third kappa shape index (κ3) is 4.21. The van der Waals surface area contributed by atoms with Gasteiger partial charge in [0.05, 0.1) is 0 Å². The van der Waals surface area contributed by atoms with E-state index in [4.69, 9.17) is 0 Å². The average Bonchev–Trinajstić information content (AvgIpc) is 2.44. The fourth-order valence-electron chi connectivity index (χ4n) is 2.50. The fourth-order valence-corrected chi connectivity index (χ4v) is 2.96. The molecule has 0 N–H and O–H groups in total. The lowest BCUT2D eigenvalue weighted by Gasteiger charge is -2.15. The standard InChI is InChI=1S/C19H23Br/c1-14-4-7-17(8-5-14)11-19(13-20)12-18-9-6-15(2)16(3)10-18/h4-10,19H,11-13H2,1-3H3. The zero-order valence-corrected chi connectivity index (χ0v) is 14.2. The lowest BCUT2D eigenvalue weighted by Crippen LogP contribution is -2.10. The Hall–Kier alpha value is -1.08. The molecule has 1 atom stereocenters. The highest BCUT2D eigenvalue weighted by atomic mass is 79.9. The number of benzene rings is 2. The van der Waals surface area contributed by atoms with E-state index >= 15 is 0 Å². The van der Waals surface area contributed by atoms with Gasteiger partial charge in [-0.2, -0.15) is 0 Å². The summed E-state index contributed by atoms with van der Waals surface area (Å²) in [5.41, 5.74) is 6.99. The highest BCUT2D eigenvalue weighted by Crippen LogP contribution is 2.19. The molecule has 2 rings (SSSR count). The molecular weight excluding hydrogens is 308 g/mol. The molecule has 0 aliphatic carbocycles. The average molecular weight is 331 g/mol. The van der Waals surface area contributed by atoms with Crippen molar-refractivity contribution in [1.82, 2.24) is 0 Å². The molecule has 2 aromatic carbocycles. The summed E-state index contributed by atoms with van der Waals surface area (Å²) in [4.78, 5) is 0. The quantitative estimate of drug-likeness (QED) is 0.643. The largest absolute Gasteiger partial charge is 0.0925 e. The van der Waals surface area contributed by atoms with Crippen molar-refractivity contribution in [3.63, 3.8) is 0 Å². The first-order valence-electron chi connectivity index (χ1n) is 7.26. The van der Waals surface area contributed by atoms with E-state index in [1.165, 1.54) is 27.8 Å². The molecule has 0 radical (unpaired) electrons. The molecule has 0 aromatic heterocycles. The molecular formula is C19H23Br. The molecule has 0 fully saturated rings.